The lowest BCUT2D eigenvalue weighted by atomic mass is 9.88. The zero-order chi connectivity index (χ0) is 10.4. The fourth-order valence-electron chi connectivity index (χ4n) is 1.30. The van der Waals surface area contributed by atoms with Crippen LogP contribution < -0.4 is 0 Å². The second-order valence-electron chi connectivity index (χ2n) is 3.98. The van der Waals surface area contributed by atoms with Crippen molar-refractivity contribution in [2.75, 3.05) is 0 Å². The van der Waals surface area contributed by atoms with Crippen LogP contribution in [0.4, 0.5) is 0 Å². The van der Waals surface area contributed by atoms with Crippen LogP contribution in [-0.4, -0.2) is 11.1 Å². The fourth-order valence-corrected chi connectivity index (χ4v) is 1.30. The quantitative estimate of drug-likeness (QED) is 0.644. The Morgan fingerprint density at radius 2 is 1.92 bits per heavy atom. The number of allylic oxidation sites excluding steroid dienone is 1. The summed E-state index contributed by atoms with van der Waals surface area (Å²) in [7, 11) is 0. The van der Waals surface area contributed by atoms with E-state index in [1.54, 1.807) is 0 Å². The molecular formula is C11H20O2. The second-order valence-corrected chi connectivity index (χ2v) is 3.98. The summed E-state index contributed by atoms with van der Waals surface area (Å²) < 4.78 is 0. The molecule has 0 aliphatic carbocycles. The van der Waals surface area contributed by atoms with Gasteiger partial charge in [-0.25, -0.2) is 0 Å². The second kappa shape index (κ2) is 5.79. The van der Waals surface area contributed by atoms with Gasteiger partial charge in [0.2, 0.25) is 0 Å². The maximum Gasteiger partial charge on any atom is 0.306 e. The first-order valence-corrected chi connectivity index (χ1v) is 4.84. The average molecular weight is 184 g/mol. The summed E-state index contributed by atoms with van der Waals surface area (Å²) in [6.45, 7) is 9.65. The number of hydrogen-bond donors (Lipinski definition) is 1. The van der Waals surface area contributed by atoms with Gasteiger partial charge >= 0.3 is 5.97 Å². The fraction of sp³-hybridized carbons (Fsp3) is 0.727. The Labute approximate surface area is 80.7 Å². The van der Waals surface area contributed by atoms with Crippen molar-refractivity contribution >= 4 is 5.97 Å². The molecule has 0 bridgehead atoms. The van der Waals surface area contributed by atoms with Crippen molar-refractivity contribution in [3.8, 4) is 0 Å². The van der Waals surface area contributed by atoms with Crippen LogP contribution in [0, 0.1) is 17.8 Å². The molecule has 13 heavy (non-hydrogen) atoms. The van der Waals surface area contributed by atoms with Crippen molar-refractivity contribution in [3.63, 3.8) is 0 Å². The first-order chi connectivity index (χ1) is 5.99. The highest BCUT2D eigenvalue weighted by Gasteiger charge is 2.21. The summed E-state index contributed by atoms with van der Waals surface area (Å²) in [6, 6.07) is 0. The van der Waals surface area contributed by atoms with E-state index >= 15 is 0 Å². The Bertz CT molecular complexity index is 173. The van der Waals surface area contributed by atoms with E-state index in [9.17, 15) is 4.79 Å². The highest BCUT2D eigenvalue weighted by atomic mass is 16.4. The van der Waals surface area contributed by atoms with E-state index in [4.69, 9.17) is 5.11 Å². The summed E-state index contributed by atoms with van der Waals surface area (Å²) >= 11 is 0. The third kappa shape index (κ3) is 4.71. The van der Waals surface area contributed by atoms with Gasteiger partial charge in [0.1, 0.15) is 0 Å². The van der Waals surface area contributed by atoms with Crippen molar-refractivity contribution in [3.05, 3.63) is 12.7 Å². The van der Waals surface area contributed by atoms with Gasteiger partial charge in [-0.3, -0.25) is 4.79 Å². The molecule has 0 rings (SSSR count). The minimum atomic E-state index is -0.675. The van der Waals surface area contributed by atoms with E-state index in [1.807, 2.05) is 19.9 Å². The zero-order valence-electron chi connectivity index (χ0n) is 8.79. The van der Waals surface area contributed by atoms with Crippen molar-refractivity contribution in [1.82, 2.24) is 0 Å². The molecule has 2 nitrogen and oxygen atoms in total. The Balaban J connectivity index is 3.97. The van der Waals surface area contributed by atoms with Gasteiger partial charge in [-0.05, 0) is 24.7 Å². The first kappa shape index (κ1) is 12.2. The monoisotopic (exact) mass is 184 g/mol. The number of carbonyl (C=O) groups is 1. The molecule has 0 saturated heterocycles. The van der Waals surface area contributed by atoms with Crippen LogP contribution in [0.15, 0.2) is 12.7 Å². The normalized spacial score (nSPS) is 15.4. The van der Waals surface area contributed by atoms with Crippen LogP contribution in [0.2, 0.25) is 0 Å². The van der Waals surface area contributed by atoms with E-state index in [0.29, 0.717) is 5.92 Å². The summed E-state index contributed by atoms with van der Waals surface area (Å²) in [5, 5.41) is 8.90. The van der Waals surface area contributed by atoms with E-state index in [0.717, 1.165) is 12.8 Å². The molecule has 0 aliphatic heterocycles. The molecule has 0 aromatic rings. The molecule has 0 aromatic heterocycles. The number of rotatable bonds is 6. The molecule has 0 aromatic carbocycles. The predicted molar refractivity (Wildman–Crippen MR) is 54.6 cm³/mol. The van der Waals surface area contributed by atoms with Crippen molar-refractivity contribution in [2.45, 2.75) is 33.6 Å². The van der Waals surface area contributed by atoms with Crippen molar-refractivity contribution in [1.29, 1.82) is 0 Å². The number of aliphatic carboxylic acids is 1. The van der Waals surface area contributed by atoms with E-state index in [2.05, 4.69) is 13.5 Å². The molecule has 0 heterocycles. The lowest BCUT2D eigenvalue weighted by molar-refractivity contribution is -0.143. The molecule has 2 unspecified atom stereocenters. The van der Waals surface area contributed by atoms with Gasteiger partial charge in [-0.2, -0.15) is 0 Å². The van der Waals surface area contributed by atoms with Gasteiger partial charge in [0.15, 0.2) is 0 Å². The number of carboxylic acids is 1. The largest absolute Gasteiger partial charge is 0.481 e. The number of carboxylic acid groups (broad SMARTS) is 1. The SMILES string of the molecule is C=CC(C)CCC(C(=O)O)C(C)C. The Kier molecular flexibility index (Phi) is 5.44. The lowest BCUT2D eigenvalue weighted by Gasteiger charge is -2.17. The maximum absolute atomic E-state index is 10.8. The smallest absolute Gasteiger partial charge is 0.306 e. The Morgan fingerprint density at radius 3 is 2.23 bits per heavy atom. The van der Waals surface area contributed by atoms with Crippen LogP contribution in [-0.2, 0) is 4.79 Å². The topological polar surface area (TPSA) is 37.3 Å². The summed E-state index contributed by atoms with van der Waals surface area (Å²) in [5.41, 5.74) is 0. The van der Waals surface area contributed by atoms with Gasteiger partial charge in [0.25, 0.3) is 0 Å². The van der Waals surface area contributed by atoms with Crippen LogP contribution in [0.5, 0.6) is 0 Å². The number of hydrogen-bond acceptors (Lipinski definition) is 1. The van der Waals surface area contributed by atoms with Crippen LogP contribution in [0.1, 0.15) is 33.6 Å². The maximum atomic E-state index is 10.8. The van der Waals surface area contributed by atoms with Crippen molar-refractivity contribution in [2.24, 2.45) is 17.8 Å². The van der Waals surface area contributed by atoms with E-state index < -0.39 is 5.97 Å². The van der Waals surface area contributed by atoms with Crippen LogP contribution in [0.3, 0.4) is 0 Å². The Morgan fingerprint density at radius 1 is 1.38 bits per heavy atom. The van der Waals surface area contributed by atoms with Crippen LogP contribution >= 0.6 is 0 Å². The summed E-state index contributed by atoms with van der Waals surface area (Å²) in [5.74, 6) is -0.247. The third-order valence-electron chi connectivity index (χ3n) is 2.46. The van der Waals surface area contributed by atoms with Gasteiger partial charge in [0.05, 0.1) is 5.92 Å². The summed E-state index contributed by atoms with van der Waals surface area (Å²) in [4.78, 5) is 10.8. The summed E-state index contributed by atoms with van der Waals surface area (Å²) in [6.07, 6.45) is 3.54. The lowest BCUT2D eigenvalue weighted by Crippen LogP contribution is -2.20. The molecule has 0 amide bonds. The average Bonchev–Trinajstić information content (AvgIpc) is 2.03. The molecular weight excluding hydrogens is 164 g/mol. The molecule has 0 aliphatic rings. The molecule has 2 atom stereocenters. The van der Waals surface area contributed by atoms with E-state index in [-0.39, 0.29) is 11.8 Å². The predicted octanol–water partition coefficient (Wildman–Crippen LogP) is 2.95. The highest BCUT2D eigenvalue weighted by molar-refractivity contribution is 5.70. The molecule has 0 radical (unpaired) electrons. The van der Waals surface area contributed by atoms with Gasteiger partial charge in [-0.15, -0.1) is 6.58 Å². The molecule has 0 saturated carbocycles. The molecule has 0 fully saturated rings. The molecule has 0 spiro atoms. The van der Waals surface area contributed by atoms with E-state index in [1.165, 1.54) is 0 Å². The Hall–Kier alpha value is -0.790. The van der Waals surface area contributed by atoms with Crippen LogP contribution in [0.25, 0.3) is 0 Å². The molecule has 76 valence electrons. The molecule has 1 N–H and O–H groups in total. The van der Waals surface area contributed by atoms with Gasteiger partial charge in [0, 0.05) is 0 Å². The highest BCUT2D eigenvalue weighted by Crippen LogP contribution is 2.20. The van der Waals surface area contributed by atoms with Crippen molar-refractivity contribution < 1.29 is 9.90 Å². The minimum Gasteiger partial charge on any atom is -0.481 e. The third-order valence-corrected chi connectivity index (χ3v) is 2.46. The zero-order valence-corrected chi connectivity index (χ0v) is 8.79. The van der Waals surface area contributed by atoms with Gasteiger partial charge in [-0.1, -0.05) is 26.8 Å². The minimum absolute atomic E-state index is 0.206. The molecule has 2 heteroatoms. The van der Waals surface area contributed by atoms with Gasteiger partial charge < -0.3 is 5.11 Å². The standard InChI is InChI=1S/C11H20O2/c1-5-9(4)6-7-10(8(2)3)11(12)13/h5,8-10H,1,6-7H2,2-4H3,(H,12,13). The first-order valence-electron chi connectivity index (χ1n) is 4.84.